The summed E-state index contributed by atoms with van der Waals surface area (Å²) in [6.07, 6.45) is 0. The lowest BCUT2D eigenvalue weighted by molar-refractivity contribution is 0.629. The minimum atomic E-state index is -0.386. The highest BCUT2D eigenvalue weighted by Crippen LogP contribution is 2.62. The molecule has 478 valence electrons. The molecule has 7 aromatic heterocycles. The molecule has 9 heteroatoms. The molecule has 102 heavy (non-hydrogen) atoms. The number of rotatable bonds is 7. The molecule has 0 aliphatic heterocycles. The average molecular weight is 1360 g/mol. The van der Waals surface area contributed by atoms with Crippen LogP contribution in [-0.4, -0.2) is 28.7 Å². The molecule has 0 bridgehead atoms. The number of hydrogen-bond acceptors (Lipinski definition) is 6. The summed E-state index contributed by atoms with van der Waals surface area (Å²) in [6.45, 7) is 9.69. The third kappa shape index (κ3) is 7.84. The summed E-state index contributed by atoms with van der Waals surface area (Å²) >= 11 is 5.57. The predicted molar refractivity (Wildman–Crippen MR) is 433 cm³/mol. The summed E-state index contributed by atoms with van der Waals surface area (Å²) in [5.74, 6) is 1.73. The zero-order chi connectivity index (χ0) is 67.2. The molecule has 2 aliphatic rings. The molecule has 0 amide bonds. The van der Waals surface area contributed by atoms with Gasteiger partial charge >= 0.3 is 0 Å². The molecule has 14 aromatic carbocycles. The lowest BCUT2D eigenvalue weighted by Gasteiger charge is -2.30. The van der Waals surface area contributed by atoms with Gasteiger partial charge in [0.25, 0.3) is 0 Å². The van der Waals surface area contributed by atoms with Gasteiger partial charge in [0, 0.05) is 115 Å². The molecule has 0 saturated carbocycles. The van der Waals surface area contributed by atoms with E-state index < -0.39 is 0 Å². The first kappa shape index (κ1) is 57.0. The van der Waals surface area contributed by atoms with Crippen LogP contribution < -0.4 is 0 Å². The molecule has 21 aromatic rings. The molecule has 23 rings (SSSR count). The Morgan fingerprint density at radius 3 is 0.902 bits per heavy atom. The Hall–Kier alpha value is -11.9. The first-order valence-electron chi connectivity index (χ1n) is 35.0. The first-order valence-corrected chi connectivity index (χ1v) is 37.5. The van der Waals surface area contributed by atoms with E-state index in [1.807, 2.05) is 34.0 Å². The van der Waals surface area contributed by atoms with Crippen LogP contribution in [0.5, 0.6) is 0 Å². The number of thiophene rings is 3. The molecule has 2 aliphatic carbocycles. The van der Waals surface area contributed by atoms with Gasteiger partial charge in [0.05, 0.1) is 33.1 Å². The Balaban J connectivity index is 0.703. The van der Waals surface area contributed by atoms with Crippen molar-refractivity contribution in [2.75, 3.05) is 0 Å². The Morgan fingerprint density at radius 1 is 0.235 bits per heavy atom. The summed E-state index contributed by atoms with van der Waals surface area (Å²) in [4.78, 5) is 17.3. The van der Waals surface area contributed by atoms with Gasteiger partial charge in [-0.3, -0.25) is 9.13 Å². The van der Waals surface area contributed by atoms with Gasteiger partial charge in [-0.1, -0.05) is 173 Å². The summed E-state index contributed by atoms with van der Waals surface area (Å²) in [5.41, 5.74) is 23.0. The third-order valence-corrected chi connectivity index (χ3v) is 26.3. The minimum Gasteiger partial charge on any atom is -0.309 e. The van der Waals surface area contributed by atoms with E-state index in [0.29, 0.717) is 17.7 Å². The Bertz CT molecular complexity index is 7040. The monoisotopic (exact) mass is 1350 g/mol. The van der Waals surface area contributed by atoms with Crippen LogP contribution >= 0.6 is 34.0 Å². The van der Waals surface area contributed by atoms with Crippen molar-refractivity contribution in [3.8, 4) is 73.5 Å². The summed E-state index contributed by atoms with van der Waals surface area (Å²) < 4.78 is 14.9. The number of para-hydroxylation sites is 3. The van der Waals surface area contributed by atoms with Crippen LogP contribution in [-0.2, 0) is 10.8 Å². The first-order chi connectivity index (χ1) is 50.0. The molecule has 0 N–H and O–H groups in total. The largest absolute Gasteiger partial charge is 0.309 e. The number of hydrogen-bond donors (Lipinski definition) is 0. The molecule has 0 fully saturated rings. The zero-order valence-corrected chi connectivity index (χ0v) is 58.4. The molecular weight excluding hydrogens is 1300 g/mol. The lowest BCUT2D eigenvalue weighted by Crippen LogP contribution is -2.22. The van der Waals surface area contributed by atoms with E-state index in [1.165, 1.54) is 144 Å². The van der Waals surface area contributed by atoms with Crippen LogP contribution in [0, 0.1) is 0 Å². The number of fused-ring (bicyclic) bond motifs is 18. The second-order valence-electron chi connectivity index (χ2n) is 29.1. The molecule has 0 unspecified atom stereocenters. The van der Waals surface area contributed by atoms with E-state index in [9.17, 15) is 0 Å². The van der Waals surface area contributed by atoms with Crippen LogP contribution in [0.4, 0.5) is 0 Å². The van der Waals surface area contributed by atoms with Crippen molar-refractivity contribution >= 4 is 160 Å². The van der Waals surface area contributed by atoms with Crippen molar-refractivity contribution in [3.05, 3.63) is 301 Å². The molecule has 0 atom stereocenters. The molecule has 0 radical (unpaired) electrons. The van der Waals surface area contributed by atoms with Gasteiger partial charge in [-0.15, -0.1) is 34.0 Å². The van der Waals surface area contributed by atoms with Crippen molar-refractivity contribution < 1.29 is 0 Å². The smallest absolute Gasteiger partial charge is 0.240 e. The van der Waals surface area contributed by atoms with E-state index in [-0.39, 0.29) is 10.8 Å². The van der Waals surface area contributed by atoms with E-state index in [4.69, 9.17) is 15.0 Å². The summed E-state index contributed by atoms with van der Waals surface area (Å²) in [7, 11) is 0. The predicted octanol–water partition coefficient (Wildman–Crippen LogP) is 25.9. The molecule has 0 spiro atoms. The van der Waals surface area contributed by atoms with Crippen molar-refractivity contribution in [2.24, 2.45) is 0 Å². The maximum absolute atomic E-state index is 5.77. The van der Waals surface area contributed by atoms with Crippen LogP contribution in [0.15, 0.2) is 279 Å². The fourth-order valence-electron chi connectivity index (χ4n) is 17.9. The van der Waals surface area contributed by atoms with Gasteiger partial charge in [-0.25, -0.2) is 0 Å². The van der Waals surface area contributed by atoms with Gasteiger partial charge in [-0.2, -0.15) is 15.0 Å². The van der Waals surface area contributed by atoms with E-state index in [2.05, 4.69) is 320 Å². The zero-order valence-electron chi connectivity index (χ0n) is 56.0. The third-order valence-electron chi connectivity index (χ3n) is 22.9. The van der Waals surface area contributed by atoms with E-state index in [1.54, 1.807) is 0 Å². The quantitative estimate of drug-likeness (QED) is 0.160. The maximum Gasteiger partial charge on any atom is 0.240 e. The van der Waals surface area contributed by atoms with E-state index in [0.717, 1.165) is 60.3 Å². The van der Waals surface area contributed by atoms with Crippen molar-refractivity contribution in [2.45, 2.75) is 38.5 Å². The highest BCUT2D eigenvalue weighted by Gasteiger charge is 2.48. The highest BCUT2D eigenvalue weighted by molar-refractivity contribution is 7.26. The second kappa shape index (κ2) is 20.4. The van der Waals surface area contributed by atoms with E-state index >= 15 is 0 Å². The van der Waals surface area contributed by atoms with Gasteiger partial charge in [0.2, 0.25) is 11.9 Å². The van der Waals surface area contributed by atoms with Crippen LogP contribution in [0.25, 0.3) is 199 Å². The van der Waals surface area contributed by atoms with Gasteiger partial charge in [0.1, 0.15) is 0 Å². The Kier molecular flexibility index (Phi) is 11.4. The second-order valence-corrected chi connectivity index (χ2v) is 32.3. The van der Waals surface area contributed by atoms with Gasteiger partial charge < -0.3 is 4.57 Å². The standard InChI is InChI=1S/C93H58N6S3/c1-92(2)71-47-57(48-72-87(71)88-73(92)49-58(50-74(88)93(72,3)4)97-75-23-11-5-17-59(75)65-41-51(29-35-78(65)97)54-32-38-84-68(44-54)62-20-8-14-26-81(62)100-84)89-94-90(98-76-24-12-6-18-60(76)66-42-52(30-36-79(66)98)55-33-39-85-69(45-55)63-21-9-15-27-82(63)101-85)96-91(95-89)99-77-25-13-7-19-61(77)67-43-53(31-37-80(67)99)56-34-40-86-70(46-56)64-22-10-16-28-83(64)102-86/h5-50H,1-4H3. The molecule has 6 nitrogen and oxygen atoms in total. The Labute approximate surface area is 597 Å². The van der Waals surface area contributed by atoms with Crippen LogP contribution in [0.2, 0.25) is 0 Å². The average Bonchev–Trinajstić information content (AvgIpc) is 1.50. The topological polar surface area (TPSA) is 53.5 Å². The maximum atomic E-state index is 5.77. The number of benzene rings is 14. The van der Waals surface area contributed by atoms with Crippen molar-refractivity contribution in [1.29, 1.82) is 0 Å². The molecule has 7 heterocycles. The van der Waals surface area contributed by atoms with Gasteiger partial charge in [0.15, 0.2) is 5.82 Å². The fraction of sp³-hybridized carbons (Fsp3) is 0.0645. The summed E-state index contributed by atoms with van der Waals surface area (Å²) in [5, 5.41) is 14.8. The number of nitrogens with zero attached hydrogens (tertiary/aromatic N) is 6. The molecule has 0 saturated heterocycles. The summed E-state index contributed by atoms with van der Waals surface area (Å²) in [6, 6.07) is 104. The van der Waals surface area contributed by atoms with Crippen LogP contribution in [0.3, 0.4) is 0 Å². The SMILES string of the molecule is CC1(C)c2cc(-c3nc(-n4c5ccccc5c5cc(-c6ccc7sc8ccccc8c7c6)ccc54)nc(-n4c5ccccc5c5cc(-c6ccc7sc8ccccc8c7c6)ccc54)n3)cc3c2-c2c1cc(-n1c4ccccc4c4cc(-c5ccc6sc7ccccc7c6c5)ccc41)cc2C3(C)C. The highest BCUT2D eigenvalue weighted by atomic mass is 32.1. The normalized spacial score (nSPS) is 13.8. The number of aromatic nitrogens is 6. The molecular formula is C93H58N6S3. The van der Waals surface area contributed by atoms with Crippen molar-refractivity contribution in [1.82, 2.24) is 28.7 Å². The lowest BCUT2D eigenvalue weighted by atomic mass is 9.74. The fourth-order valence-corrected chi connectivity index (χ4v) is 21.2. The van der Waals surface area contributed by atoms with Crippen LogP contribution in [0.1, 0.15) is 49.9 Å². The van der Waals surface area contributed by atoms with Crippen molar-refractivity contribution in [3.63, 3.8) is 0 Å². The minimum absolute atomic E-state index is 0.386. The Morgan fingerprint density at radius 2 is 0.520 bits per heavy atom. The van der Waals surface area contributed by atoms with Gasteiger partial charge in [-0.05, 0) is 200 Å².